The van der Waals surface area contributed by atoms with Crippen LogP contribution in [0.4, 0.5) is 4.39 Å². The molecule has 0 spiro atoms. The van der Waals surface area contributed by atoms with Gasteiger partial charge < -0.3 is 14.6 Å². The molecule has 0 fully saturated rings. The summed E-state index contributed by atoms with van der Waals surface area (Å²) >= 11 is 0. The Morgan fingerprint density at radius 3 is 2.76 bits per heavy atom. The lowest BCUT2D eigenvalue weighted by Gasteiger charge is -2.34. The first-order chi connectivity index (χ1) is 14.1. The molecule has 0 unspecified atom stereocenters. The van der Waals surface area contributed by atoms with Gasteiger partial charge in [0, 0.05) is 13.6 Å². The van der Waals surface area contributed by atoms with Gasteiger partial charge in [0.15, 0.2) is 6.61 Å². The number of likely N-dealkylation sites (N-methyl/N-ethyl adjacent to an activating group) is 1. The molecule has 0 radical (unpaired) electrons. The van der Waals surface area contributed by atoms with E-state index in [1.54, 1.807) is 7.05 Å². The number of nitrogens with zero attached hydrogens (tertiary/aromatic N) is 3. The third-order valence-electron chi connectivity index (χ3n) is 4.92. The van der Waals surface area contributed by atoms with Gasteiger partial charge in [-0.3, -0.25) is 9.69 Å². The van der Waals surface area contributed by atoms with Crippen LogP contribution in [0.2, 0.25) is 0 Å². The monoisotopic (exact) mass is 396 g/mol. The Labute approximate surface area is 167 Å². The topological polar surface area (TPSA) is 80.5 Å². The molecule has 0 saturated heterocycles. The molecular formula is C21H21FN4O3. The average Bonchev–Trinajstić information content (AvgIpc) is 3.19. The molecule has 1 N–H and O–H groups in total. The van der Waals surface area contributed by atoms with Crippen LogP contribution in [-0.2, 0) is 30.9 Å². The maximum Gasteiger partial charge on any atom is 0.240 e. The lowest BCUT2D eigenvalue weighted by molar-refractivity contribution is -0.127. The standard InChI is InChI=1S/C21H21FN4O3/c1-23-21(27)18-10-14-4-2-3-5-15(14)11-26(18)12-20-24-19(25-29-20)13-28-17-8-6-16(22)7-9-17/h2-9,18H,10-13H2,1H3,(H,23,27)/t18-/m1/s1. The van der Waals surface area contributed by atoms with Gasteiger partial charge in [0.05, 0.1) is 12.6 Å². The smallest absolute Gasteiger partial charge is 0.240 e. The Morgan fingerprint density at radius 1 is 1.24 bits per heavy atom. The number of carbonyl (C=O) groups is 1. The molecule has 1 atom stereocenters. The zero-order valence-corrected chi connectivity index (χ0v) is 16.0. The Bertz CT molecular complexity index is 990. The van der Waals surface area contributed by atoms with Crippen LogP contribution in [0.1, 0.15) is 22.8 Å². The quantitative estimate of drug-likeness (QED) is 0.690. The fourth-order valence-corrected chi connectivity index (χ4v) is 3.43. The van der Waals surface area contributed by atoms with E-state index < -0.39 is 0 Å². The predicted octanol–water partition coefficient (Wildman–Crippen LogP) is 2.46. The predicted molar refractivity (Wildman–Crippen MR) is 102 cm³/mol. The second-order valence-corrected chi connectivity index (χ2v) is 6.85. The molecule has 1 aliphatic rings. The Kier molecular flexibility index (Phi) is 5.53. The van der Waals surface area contributed by atoms with E-state index in [4.69, 9.17) is 9.26 Å². The van der Waals surface area contributed by atoms with Crippen LogP contribution in [-0.4, -0.2) is 34.0 Å². The highest BCUT2D eigenvalue weighted by atomic mass is 19.1. The van der Waals surface area contributed by atoms with Crippen molar-refractivity contribution in [3.8, 4) is 5.75 Å². The van der Waals surface area contributed by atoms with Gasteiger partial charge in [-0.15, -0.1) is 0 Å². The van der Waals surface area contributed by atoms with Crippen molar-refractivity contribution in [1.82, 2.24) is 20.4 Å². The first-order valence-corrected chi connectivity index (χ1v) is 9.34. The maximum absolute atomic E-state index is 13.0. The molecule has 2 aromatic carbocycles. The van der Waals surface area contributed by atoms with Crippen molar-refractivity contribution in [2.75, 3.05) is 7.05 Å². The lowest BCUT2D eigenvalue weighted by Crippen LogP contribution is -2.49. The molecule has 29 heavy (non-hydrogen) atoms. The highest BCUT2D eigenvalue weighted by Crippen LogP contribution is 2.25. The Morgan fingerprint density at radius 2 is 2.00 bits per heavy atom. The zero-order chi connectivity index (χ0) is 20.2. The van der Waals surface area contributed by atoms with E-state index in [-0.39, 0.29) is 24.4 Å². The molecule has 0 aliphatic carbocycles. The van der Waals surface area contributed by atoms with Crippen molar-refractivity contribution in [3.05, 3.63) is 77.2 Å². The largest absolute Gasteiger partial charge is 0.485 e. The van der Waals surface area contributed by atoms with E-state index in [0.717, 1.165) is 0 Å². The molecule has 4 rings (SSSR count). The van der Waals surface area contributed by atoms with E-state index >= 15 is 0 Å². The van der Waals surface area contributed by atoms with Crippen LogP contribution in [0.15, 0.2) is 53.1 Å². The number of hydrogen-bond acceptors (Lipinski definition) is 6. The molecule has 150 valence electrons. The summed E-state index contributed by atoms with van der Waals surface area (Å²) < 4.78 is 23.8. The third-order valence-corrected chi connectivity index (χ3v) is 4.92. The number of fused-ring (bicyclic) bond motifs is 1. The summed E-state index contributed by atoms with van der Waals surface area (Å²) in [5, 5.41) is 6.67. The number of halogens is 1. The minimum atomic E-state index is -0.326. The molecule has 0 saturated carbocycles. The SMILES string of the molecule is CNC(=O)[C@H]1Cc2ccccc2CN1Cc1nc(COc2ccc(F)cc2)no1. The Hall–Kier alpha value is -3.26. The molecule has 7 nitrogen and oxygen atoms in total. The summed E-state index contributed by atoms with van der Waals surface area (Å²) in [6.45, 7) is 1.09. The van der Waals surface area contributed by atoms with E-state index in [1.807, 2.05) is 17.0 Å². The highest BCUT2D eigenvalue weighted by Gasteiger charge is 2.32. The van der Waals surface area contributed by atoms with Gasteiger partial charge in [0.1, 0.15) is 11.6 Å². The minimum absolute atomic E-state index is 0.0427. The summed E-state index contributed by atoms with van der Waals surface area (Å²) in [7, 11) is 1.64. The number of hydrogen-bond donors (Lipinski definition) is 1. The van der Waals surface area contributed by atoms with Gasteiger partial charge in [-0.25, -0.2) is 4.39 Å². The second-order valence-electron chi connectivity index (χ2n) is 6.85. The zero-order valence-electron chi connectivity index (χ0n) is 16.0. The first-order valence-electron chi connectivity index (χ1n) is 9.34. The summed E-state index contributed by atoms with van der Waals surface area (Å²) in [6, 6.07) is 13.5. The van der Waals surface area contributed by atoms with Gasteiger partial charge in [0.2, 0.25) is 17.6 Å². The van der Waals surface area contributed by atoms with Crippen molar-refractivity contribution >= 4 is 5.91 Å². The summed E-state index contributed by atoms with van der Waals surface area (Å²) in [6.07, 6.45) is 0.629. The molecule has 0 bridgehead atoms. The van der Waals surface area contributed by atoms with Gasteiger partial charge in [-0.2, -0.15) is 4.98 Å². The van der Waals surface area contributed by atoms with E-state index in [0.29, 0.717) is 37.0 Å². The number of benzene rings is 2. The normalized spacial score (nSPS) is 16.3. The van der Waals surface area contributed by atoms with Gasteiger partial charge in [-0.1, -0.05) is 29.4 Å². The summed E-state index contributed by atoms with van der Waals surface area (Å²) in [5.41, 5.74) is 2.36. The molecule has 8 heteroatoms. The minimum Gasteiger partial charge on any atom is -0.485 e. The Balaban J connectivity index is 1.43. The second kappa shape index (κ2) is 8.40. The van der Waals surface area contributed by atoms with Crippen molar-refractivity contribution in [2.45, 2.75) is 32.2 Å². The number of amides is 1. The molecule has 1 aromatic heterocycles. The number of carbonyl (C=O) groups excluding carboxylic acids is 1. The molecule has 3 aromatic rings. The first kappa shape index (κ1) is 19.1. The van der Waals surface area contributed by atoms with Crippen molar-refractivity contribution in [3.63, 3.8) is 0 Å². The van der Waals surface area contributed by atoms with E-state index in [1.165, 1.54) is 35.4 Å². The number of ether oxygens (including phenoxy) is 1. The fraction of sp³-hybridized carbons (Fsp3) is 0.286. The number of rotatable bonds is 6. The van der Waals surface area contributed by atoms with Crippen molar-refractivity contribution in [1.29, 1.82) is 0 Å². The van der Waals surface area contributed by atoms with Gasteiger partial charge in [0.25, 0.3) is 0 Å². The van der Waals surface area contributed by atoms with Gasteiger partial charge in [-0.05, 0) is 41.8 Å². The van der Waals surface area contributed by atoms with Crippen molar-refractivity contribution < 1.29 is 18.4 Å². The van der Waals surface area contributed by atoms with Crippen LogP contribution in [0.3, 0.4) is 0 Å². The maximum atomic E-state index is 13.0. The highest BCUT2D eigenvalue weighted by molar-refractivity contribution is 5.82. The number of aromatic nitrogens is 2. The van der Waals surface area contributed by atoms with Crippen molar-refractivity contribution in [2.24, 2.45) is 0 Å². The van der Waals surface area contributed by atoms with Crippen LogP contribution in [0.5, 0.6) is 5.75 Å². The van der Waals surface area contributed by atoms with Crippen LogP contribution >= 0.6 is 0 Å². The summed E-state index contributed by atoms with van der Waals surface area (Å²) in [5.74, 6) is 0.950. The van der Waals surface area contributed by atoms with Crippen LogP contribution in [0, 0.1) is 5.82 Å². The molecule has 2 heterocycles. The van der Waals surface area contributed by atoms with E-state index in [2.05, 4.69) is 27.6 Å². The fourth-order valence-electron chi connectivity index (χ4n) is 3.43. The average molecular weight is 396 g/mol. The van der Waals surface area contributed by atoms with Crippen LogP contribution in [0.25, 0.3) is 0 Å². The van der Waals surface area contributed by atoms with Crippen LogP contribution < -0.4 is 10.1 Å². The van der Waals surface area contributed by atoms with Gasteiger partial charge >= 0.3 is 0 Å². The third kappa shape index (κ3) is 4.43. The molecule has 1 aliphatic heterocycles. The summed E-state index contributed by atoms with van der Waals surface area (Å²) in [4.78, 5) is 18.8. The molecule has 1 amide bonds. The lowest BCUT2D eigenvalue weighted by atomic mass is 9.93. The molecular weight excluding hydrogens is 375 g/mol. The van der Waals surface area contributed by atoms with E-state index in [9.17, 15) is 9.18 Å². The number of nitrogens with one attached hydrogen (secondary N) is 1.